The summed E-state index contributed by atoms with van der Waals surface area (Å²) in [6.45, 7) is 2.00. The molecule has 35 heavy (non-hydrogen) atoms. The highest BCUT2D eigenvalue weighted by Gasteiger charge is 2.25. The predicted octanol–water partition coefficient (Wildman–Crippen LogP) is 6.04. The zero-order chi connectivity index (χ0) is 25.1. The Balaban J connectivity index is 1.58. The molecule has 0 saturated heterocycles. The van der Waals surface area contributed by atoms with Crippen LogP contribution in [-0.4, -0.2) is 23.9 Å². The lowest BCUT2D eigenvalue weighted by Gasteiger charge is -2.14. The molecule has 3 aromatic rings. The van der Waals surface area contributed by atoms with Gasteiger partial charge in [0.15, 0.2) is 17.2 Å². The maximum Gasteiger partial charge on any atom is 0.363 e. The Hall–Kier alpha value is -3.00. The number of cyclic esters (lactones) is 1. The number of hydrogen-bond acceptors (Lipinski definition) is 7. The highest BCUT2D eigenvalue weighted by Crippen LogP contribution is 2.35. The van der Waals surface area contributed by atoms with Crippen LogP contribution < -0.4 is 9.47 Å². The SMILES string of the molecule is COc1cc(/C=C2\N=C(c3ccc([N+](=O)[O-])c(C)c3)OC2=O)cc(I)c1OCc1ccc(I)cc1. The van der Waals surface area contributed by atoms with Crippen molar-refractivity contribution in [1.82, 2.24) is 0 Å². The van der Waals surface area contributed by atoms with Crippen molar-refractivity contribution in [1.29, 1.82) is 0 Å². The van der Waals surface area contributed by atoms with E-state index in [1.807, 2.05) is 30.3 Å². The summed E-state index contributed by atoms with van der Waals surface area (Å²) in [4.78, 5) is 27.3. The van der Waals surface area contributed by atoms with Gasteiger partial charge in [-0.2, -0.15) is 0 Å². The van der Waals surface area contributed by atoms with Crippen LogP contribution in [0.5, 0.6) is 11.5 Å². The van der Waals surface area contributed by atoms with Gasteiger partial charge in [-0.15, -0.1) is 0 Å². The van der Waals surface area contributed by atoms with Crippen LogP contribution >= 0.6 is 45.2 Å². The van der Waals surface area contributed by atoms with E-state index in [0.717, 1.165) is 12.7 Å². The van der Waals surface area contributed by atoms with Crippen LogP contribution in [0.25, 0.3) is 6.08 Å². The highest BCUT2D eigenvalue weighted by molar-refractivity contribution is 14.1. The second-order valence-corrected chi connectivity index (χ2v) is 9.95. The van der Waals surface area contributed by atoms with Gasteiger partial charge in [0.25, 0.3) is 5.69 Å². The number of carbonyl (C=O) groups is 1. The molecule has 0 unspecified atom stereocenters. The van der Waals surface area contributed by atoms with Crippen LogP contribution in [0.4, 0.5) is 5.69 Å². The van der Waals surface area contributed by atoms with Crippen molar-refractivity contribution in [3.8, 4) is 11.5 Å². The van der Waals surface area contributed by atoms with Crippen LogP contribution in [-0.2, 0) is 16.1 Å². The van der Waals surface area contributed by atoms with Gasteiger partial charge in [0, 0.05) is 20.8 Å². The van der Waals surface area contributed by atoms with E-state index in [1.54, 1.807) is 32.2 Å². The first-order valence-electron chi connectivity index (χ1n) is 10.3. The van der Waals surface area contributed by atoms with E-state index in [4.69, 9.17) is 14.2 Å². The number of nitro groups is 1. The van der Waals surface area contributed by atoms with Gasteiger partial charge in [0.1, 0.15) is 6.61 Å². The number of ether oxygens (including phenoxy) is 3. The molecule has 0 spiro atoms. The number of esters is 1. The third-order valence-corrected chi connectivity index (χ3v) is 6.63. The number of nitro benzene ring substituents is 1. The lowest BCUT2D eigenvalue weighted by molar-refractivity contribution is -0.385. The largest absolute Gasteiger partial charge is 0.493 e. The van der Waals surface area contributed by atoms with Crippen LogP contribution in [0, 0.1) is 24.2 Å². The number of methoxy groups -OCH3 is 1. The fraction of sp³-hybridized carbons (Fsp3) is 0.120. The van der Waals surface area contributed by atoms with Gasteiger partial charge in [-0.3, -0.25) is 10.1 Å². The van der Waals surface area contributed by atoms with Crippen molar-refractivity contribution < 1.29 is 23.9 Å². The molecular formula is C25H18I2N2O6. The zero-order valence-electron chi connectivity index (χ0n) is 18.6. The molecule has 0 bridgehead atoms. The van der Waals surface area contributed by atoms with Crippen LogP contribution in [0.15, 0.2) is 65.3 Å². The average molecular weight is 696 g/mol. The zero-order valence-corrected chi connectivity index (χ0v) is 22.9. The number of rotatable bonds is 7. The second kappa shape index (κ2) is 10.7. The Labute approximate surface area is 228 Å². The van der Waals surface area contributed by atoms with Crippen molar-refractivity contribution in [3.63, 3.8) is 0 Å². The minimum Gasteiger partial charge on any atom is -0.493 e. The molecule has 178 valence electrons. The molecule has 10 heteroatoms. The molecule has 1 aliphatic rings. The molecule has 1 aliphatic heterocycles. The minimum atomic E-state index is -0.607. The van der Waals surface area contributed by atoms with Gasteiger partial charge >= 0.3 is 5.97 Å². The molecule has 0 radical (unpaired) electrons. The van der Waals surface area contributed by atoms with E-state index in [-0.39, 0.29) is 17.3 Å². The number of aryl methyl sites for hydroxylation is 1. The molecule has 8 nitrogen and oxygen atoms in total. The topological polar surface area (TPSA) is 100 Å². The molecule has 4 rings (SSSR count). The van der Waals surface area contributed by atoms with Crippen molar-refractivity contribution in [3.05, 3.63) is 99.8 Å². The molecule has 3 aromatic carbocycles. The normalized spacial score (nSPS) is 14.0. The van der Waals surface area contributed by atoms with E-state index in [2.05, 4.69) is 50.2 Å². The molecule has 1 heterocycles. The molecule has 0 aliphatic carbocycles. The third-order valence-electron chi connectivity index (χ3n) is 5.11. The lowest BCUT2D eigenvalue weighted by Crippen LogP contribution is -2.06. The predicted molar refractivity (Wildman–Crippen MR) is 148 cm³/mol. The van der Waals surface area contributed by atoms with Gasteiger partial charge in [0.2, 0.25) is 5.90 Å². The maximum absolute atomic E-state index is 12.4. The maximum atomic E-state index is 12.4. The van der Waals surface area contributed by atoms with Gasteiger partial charge in [-0.1, -0.05) is 12.1 Å². The van der Waals surface area contributed by atoms with Crippen LogP contribution in [0.3, 0.4) is 0 Å². The molecule has 0 saturated carbocycles. The summed E-state index contributed by atoms with van der Waals surface area (Å²) in [5.74, 6) is 0.617. The average Bonchev–Trinajstić information content (AvgIpc) is 3.18. The second-order valence-electron chi connectivity index (χ2n) is 7.54. The Bertz CT molecular complexity index is 1380. The monoisotopic (exact) mass is 696 g/mol. The fourth-order valence-electron chi connectivity index (χ4n) is 3.38. The van der Waals surface area contributed by atoms with Gasteiger partial charge in [-0.25, -0.2) is 9.79 Å². The molecule has 0 N–H and O–H groups in total. The number of nitrogens with zero attached hydrogens (tertiary/aromatic N) is 2. The summed E-state index contributed by atoms with van der Waals surface area (Å²) in [6.07, 6.45) is 1.60. The number of aliphatic imine (C=N–C) groups is 1. The van der Waals surface area contributed by atoms with Gasteiger partial charge in [-0.05, 0) is 106 Å². The van der Waals surface area contributed by atoms with Crippen LogP contribution in [0.2, 0.25) is 0 Å². The lowest BCUT2D eigenvalue weighted by atomic mass is 10.1. The molecular weight excluding hydrogens is 678 g/mol. The number of hydrogen-bond donors (Lipinski definition) is 0. The standard InChI is InChI=1S/C25H18I2N2O6/c1-14-9-17(5-8-21(14)29(31)32)24-28-20(25(30)35-24)11-16-10-19(27)23(22(12-16)33-2)34-13-15-3-6-18(26)7-4-15/h3-12H,13H2,1-2H3/b20-11-. The van der Waals surface area contributed by atoms with Crippen LogP contribution in [0.1, 0.15) is 22.3 Å². The fourth-order valence-corrected chi connectivity index (χ4v) is 4.52. The summed E-state index contributed by atoms with van der Waals surface area (Å²) >= 11 is 4.41. The van der Waals surface area contributed by atoms with E-state index >= 15 is 0 Å². The van der Waals surface area contributed by atoms with Crippen molar-refractivity contribution >= 4 is 68.8 Å². The quantitative estimate of drug-likeness (QED) is 0.0982. The number of carbonyl (C=O) groups excluding carboxylic acids is 1. The highest BCUT2D eigenvalue weighted by atomic mass is 127. The van der Waals surface area contributed by atoms with E-state index in [0.29, 0.717) is 34.8 Å². The third kappa shape index (κ3) is 5.81. The van der Waals surface area contributed by atoms with Gasteiger partial charge < -0.3 is 14.2 Å². The molecule has 0 fully saturated rings. The number of halogens is 2. The van der Waals surface area contributed by atoms with E-state index < -0.39 is 10.9 Å². The first kappa shape index (κ1) is 25.1. The molecule has 0 amide bonds. The molecule has 0 aromatic heterocycles. The summed E-state index contributed by atoms with van der Waals surface area (Å²) in [5.41, 5.74) is 2.75. The number of benzene rings is 3. The van der Waals surface area contributed by atoms with Crippen molar-refractivity contribution in [2.24, 2.45) is 4.99 Å². The summed E-state index contributed by atoms with van der Waals surface area (Å²) < 4.78 is 18.8. The summed E-state index contributed by atoms with van der Waals surface area (Å²) in [7, 11) is 1.55. The first-order valence-corrected chi connectivity index (χ1v) is 12.4. The van der Waals surface area contributed by atoms with Gasteiger partial charge in [0.05, 0.1) is 15.6 Å². The van der Waals surface area contributed by atoms with Crippen molar-refractivity contribution in [2.75, 3.05) is 7.11 Å². The Morgan fingerprint density at radius 2 is 1.86 bits per heavy atom. The molecule has 0 atom stereocenters. The Kier molecular flexibility index (Phi) is 7.69. The Morgan fingerprint density at radius 1 is 1.11 bits per heavy atom. The summed E-state index contributed by atoms with van der Waals surface area (Å²) in [6, 6.07) is 16.1. The van der Waals surface area contributed by atoms with E-state index in [1.165, 1.54) is 12.1 Å². The first-order chi connectivity index (χ1) is 16.7. The Morgan fingerprint density at radius 3 is 2.51 bits per heavy atom. The van der Waals surface area contributed by atoms with Crippen molar-refractivity contribution in [2.45, 2.75) is 13.5 Å². The smallest absolute Gasteiger partial charge is 0.363 e. The summed E-state index contributed by atoms with van der Waals surface area (Å²) in [5, 5.41) is 11.1. The van der Waals surface area contributed by atoms with E-state index in [9.17, 15) is 14.9 Å². The minimum absolute atomic E-state index is 0.0135.